The molecule has 220 valence electrons. The lowest BCUT2D eigenvalue weighted by Gasteiger charge is -2.30. The number of esters is 1. The minimum absolute atomic E-state index is 0.0450. The number of imide groups is 1. The molecule has 1 heterocycles. The van der Waals surface area contributed by atoms with Crippen molar-refractivity contribution in [3.63, 3.8) is 0 Å². The molecule has 0 bridgehead atoms. The quantitative estimate of drug-likeness (QED) is 0.105. The number of allylic oxidation sites excluding steroid dienone is 2. The Morgan fingerprint density at radius 1 is 0.884 bits per heavy atom. The van der Waals surface area contributed by atoms with Gasteiger partial charge in [0.15, 0.2) is 5.78 Å². The molecular weight excluding hydrogens is 595 g/mol. The van der Waals surface area contributed by atoms with Crippen LogP contribution in [0.3, 0.4) is 0 Å². The van der Waals surface area contributed by atoms with E-state index in [1.165, 1.54) is 55.6 Å². The van der Waals surface area contributed by atoms with E-state index >= 15 is 0 Å². The first kappa shape index (κ1) is 30.0. The fourth-order valence-electron chi connectivity index (χ4n) is 5.23. The minimum atomic E-state index is -0.767. The third-order valence-corrected chi connectivity index (χ3v) is 8.22. The second-order valence-corrected chi connectivity index (χ2v) is 11.0. The van der Waals surface area contributed by atoms with E-state index < -0.39 is 47.9 Å². The monoisotopic (exact) mass is 620 g/mol. The van der Waals surface area contributed by atoms with Crippen molar-refractivity contribution in [3.05, 3.63) is 106 Å². The normalized spacial score (nSPS) is 19.2. The molecule has 43 heavy (non-hydrogen) atoms. The number of fused-ring (bicyclic) bond motifs is 1. The lowest BCUT2D eigenvalue weighted by Crippen LogP contribution is -2.52. The van der Waals surface area contributed by atoms with Gasteiger partial charge in [0.05, 0.1) is 34.6 Å². The van der Waals surface area contributed by atoms with Crippen LogP contribution in [0.4, 0.5) is 0 Å². The number of carbonyl (C=O) groups is 5. The summed E-state index contributed by atoms with van der Waals surface area (Å²) in [5.74, 6) is -3.85. The third-order valence-electron chi connectivity index (χ3n) is 7.48. The van der Waals surface area contributed by atoms with Crippen LogP contribution >= 0.6 is 23.2 Å². The first-order chi connectivity index (χ1) is 20.6. The summed E-state index contributed by atoms with van der Waals surface area (Å²) in [6, 6.07) is 16.3. The molecule has 2 aliphatic rings. The molecule has 3 atom stereocenters. The first-order valence-electron chi connectivity index (χ1n) is 13.4. The molecule has 0 unspecified atom stereocenters. The van der Waals surface area contributed by atoms with Crippen LogP contribution in [0.15, 0.2) is 78.9 Å². The van der Waals surface area contributed by atoms with Crippen LogP contribution in [0, 0.1) is 17.8 Å². The molecule has 0 N–H and O–H groups in total. The van der Waals surface area contributed by atoms with Crippen molar-refractivity contribution in [1.29, 1.82) is 0 Å². The predicted molar refractivity (Wildman–Crippen MR) is 158 cm³/mol. The fraction of sp³-hybridized carbons (Fsp3) is 0.219. The highest BCUT2D eigenvalue weighted by atomic mass is 35.5. The van der Waals surface area contributed by atoms with Gasteiger partial charge in [0.25, 0.3) is 17.7 Å². The first-order valence-corrected chi connectivity index (χ1v) is 14.2. The Morgan fingerprint density at radius 2 is 1.60 bits per heavy atom. The number of rotatable bonds is 8. The summed E-state index contributed by atoms with van der Waals surface area (Å²) in [4.78, 5) is 66.8. The van der Waals surface area contributed by atoms with Gasteiger partial charge in [-0.05, 0) is 73.0 Å². The van der Waals surface area contributed by atoms with E-state index in [1.54, 1.807) is 18.2 Å². The summed E-state index contributed by atoms with van der Waals surface area (Å²) >= 11 is 12.2. The van der Waals surface area contributed by atoms with Crippen LogP contribution in [0.1, 0.15) is 44.4 Å². The molecule has 0 spiro atoms. The number of Topliss-reactive ketones (excluding diaryl/α,β-unsaturated/α-hetero) is 1. The molecule has 0 saturated carbocycles. The number of hydrogen-bond acceptors (Lipinski definition) is 7. The largest absolute Gasteiger partial charge is 0.497 e. The number of benzene rings is 3. The van der Waals surface area contributed by atoms with Crippen molar-refractivity contribution in [1.82, 2.24) is 10.0 Å². The molecular formula is C32H26Cl2N2O7. The number of halogens is 2. The van der Waals surface area contributed by atoms with Crippen molar-refractivity contribution in [2.45, 2.75) is 13.3 Å². The molecule has 11 heteroatoms. The molecule has 3 aromatic carbocycles. The average Bonchev–Trinajstić information content (AvgIpc) is 3.27. The summed E-state index contributed by atoms with van der Waals surface area (Å²) in [5, 5.41) is 1.98. The van der Waals surface area contributed by atoms with E-state index in [0.717, 1.165) is 10.0 Å². The van der Waals surface area contributed by atoms with Gasteiger partial charge in [-0.1, -0.05) is 48.3 Å². The van der Waals surface area contributed by atoms with Crippen molar-refractivity contribution < 1.29 is 33.4 Å². The van der Waals surface area contributed by atoms with E-state index in [0.29, 0.717) is 12.2 Å². The van der Waals surface area contributed by atoms with Crippen molar-refractivity contribution in [3.8, 4) is 11.5 Å². The van der Waals surface area contributed by atoms with E-state index in [1.807, 2.05) is 19.1 Å². The Bertz CT molecular complexity index is 1650. The van der Waals surface area contributed by atoms with Gasteiger partial charge in [-0.3, -0.25) is 19.2 Å². The maximum Gasteiger partial charge on any atom is 0.343 e. The molecule has 1 saturated heterocycles. The highest BCUT2D eigenvalue weighted by molar-refractivity contribution is 6.42. The van der Waals surface area contributed by atoms with Crippen molar-refractivity contribution in [2.75, 3.05) is 13.7 Å². The highest BCUT2D eigenvalue weighted by Gasteiger charge is 2.53. The smallest absolute Gasteiger partial charge is 0.343 e. The average molecular weight is 621 g/mol. The van der Waals surface area contributed by atoms with Crippen molar-refractivity contribution in [2.24, 2.45) is 17.8 Å². The van der Waals surface area contributed by atoms with E-state index in [-0.39, 0.29) is 38.4 Å². The van der Waals surface area contributed by atoms with E-state index in [9.17, 15) is 24.0 Å². The molecule has 0 aromatic heterocycles. The molecule has 1 aliphatic heterocycles. The Hall–Kier alpha value is -4.47. The maximum absolute atomic E-state index is 13.7. The SMILES string of the molecule is COc1cccc(C(=O)Oc2ccc(C(=O)CN(C(=O)c3ccc(Cl)c(Cl)c3)N3C(=O)[C@H]4[C@H](C)C=CC[C@H]4C3=O)cc2)c1. The Balaban J connectivity index is 1.39. The molecule has 1 aliphatic carbocycles. The topological polar surface area (TPSA) is 110 Å². The lowest BCUT2D eigenvalue weighted by molar-refractivity contribution is -0.154. The van der Waals surface area contributed by atoms with E-state index in [2.05, 4.69) is 0 Å². The Morgan fingerprint density at radius 3 is 2.28 bits per heavy atom. The Kier molecular flexibility index (Phi) is 8.66. The Labute approximate surface area is 257 Å². The van der Waals surface area contributed by atoms with Gasteiger partial charge in [-0.15, -0.1) is 0 Å². The summed E-state index contributed by atoms with van der Waals surface area (Å²) in [6.07, 6.45) is 4.07. The maximum atomic E-state index is 13.7. The zero-order valence-electron chi connectivity index (χ0n) is 23.2. The number of hydrogen-bond donors (Lipinski definition) is 0. The van der Waals surface area contributed by atoms with Gasteiger partial charge in [-0.25, -0.2) is 9.80 Å². The van der Waals surface area contributed by atoms with Crippen LogP contribution in [-0.4, -0.2) is 53.1 Å². The fourth-order valence-corrected chi connectivity index (χ4v) is 5.53. The molecule has 1 fully saturated rings. The molecule has 3 amide bonds. The summed E-state index contributed by atoms with van der Waals surface area (Å²) in [7, 11) is 1.49. The minimum Gasteiger partial charge on any atom is -0.497 e. The van der Waals surface area contributed by atoms with Gasteiger partial charge in [0, 0.05) is 11.1 Å². The third kappa shape index (κ3) is 6.04. The van der Waals surface area contributed by atoms with E-state index in [4.69, 9.17) is 32.7 Å². The number of nitrogens with zero attached hydrogens (tertiary/aromatic N) is 2. The van der Waals surface area contributed by atoms with Gasteiger partial charge in [0.1, 0.15) is 18.0 Å². The lowest BCUT2D eigenvalue weighted by atomic mass is 9.78. The number of ether oxygens (including phenoxy) is 2. The zero-order chi connectivity index (χ0) is 30.8. The van der Waals surface area contributed by atoms with Gasteiger partial charge >= 0.3 is 5.97 Å². The number of amides is 3. The molecule has 0 radical (unpaired) electrons. The predicted octanol–water partition coefficient (Wildman–Crippen LogP) is 5.66. The summed E-state index contributed by atoms with van der Waals surface area (Å²) in [6.45, 7) is 1.22. The van der Waals surface area contributed by atoms with Gasteiger partial charge < -0.3 is 9.47 Å². The van der Waals surface area contributed by atoms with Gasteiger partial charge in [0.2, 0.25) is 0 Å². The second-order valence-electron chi connectivity index (χ2n) is 10.2. The number of ketones is 1. The standard InChI is InChI=1S/C32H26Cl2N2O7/c1-18-5-3-8-24-28(18)31(40)36(30(24)39)35(29(38)20-11-14-25(33)26(34)16-20)17-27(37)19-9-12-22(13-10-19)43-32(41)21-6-4-7-23(15-21)42-2/h3-7,9-16,18,24,28H,8,17H2,1-2H3/t18-,24-,28+/m1/s1. The zero-order valence-corrected chi connectivity index (χ0v) is 24.7. The summed E-state index contributed by atoms with van der Waals surface area (Å²) in [5.41, 5.74) is 0.490. The number of carbonyl (C=O) groups excluding carboxylic acids is 5. The van der Waals surface area contributed by atoms with Crippen LogP contribution in [0.2, 0.25) is 10.0 Å². The molecule has 9 nitrogen and oxygen atoms in total. The van der Waals surface area contributed by atoms with Crippen molar-refractivity contribution >= 4 is 52.7 Å². The molecule has 3 aromatic rings. The number of hydrazine groups is 1. The number of methoxy groups -OCH3 is 1. The van der Waals surface area contributed by atoms with Gasteiger partial charge in [-0.2, -0.15) is 5.01 Å². The highest BCUT2D eigenvalue weighted by Crippen LogP contribution is 2.39. The van der Waals surface area contributed by atoms with Crippen LogP contribution in [0.5, 0.6) is 11.5 Å². The summed E-state index contributed by atoms with van der Waals surface area (Å²) < 4.78 is 10.5. The van der Waals surface area contributed by atoms with Crippen LogP contribution in [-0.2, 0) is 9.59 Å². The van der Waals surface area contributed by atoms with Crippen LogP contribution < -0.4 is 9.47 Å². The second kappa shape index (κ2) is 12.4. The molecule has 5 rings (SSSR count). The van der Waals surface area contributed by atoms with Crippen LogP contribution in [0.25, 0.3) is 0 Å².